The average Bonchev–Trinajstić information content (AvgIpc) is 2.94. The Kier molecular flexibility index (Phi) is 6.20. The summed E-state index contributed by atoms with van der Waals surface area (Å²) in [5, 5.41) is 2.01. The minimum absolute atomic E-state index is 0.710. The molecule has 0 aromatic carbocycles. The average molecular weight is 357 g/mol. The van der Waals surface area contributed by atoms with Gasteiger partial charge in [0.05, 0.1) is 31.8 Å². The summed E-state index contributed by atoms with van der Waals surface area (Å²) in [4.78, 5) is 7.89. The van der Waals surface area contributed by atoms with Crippen LogP contribution in [0.1, 0.15) is 11.3 Å². The first-order valence-electron chi connectivity index (χ1n) is 8.07. The zero-order chi connectivity index (χ0) is 16.0. The Balaban J connectivity index is 1.48. The lowest BCUT2D eigenvalue weighted by Crippen LogP contribution is -2.55. The van der Waals surface area contributed by atoms with Gasteiger partial charge in [-0.2, -0.15) is 0 Å². The summed E-state index contributed by atoms with van der Waals surface area (Å²) in [5.74, 6) is 0.881. The second-order valence-corrected chi connectivity index (χ2v) is 9.24. The van der Waals surface area contributed by atoms with Crippen LogP contribution in [-0.2, 0) is 13.3 Å². The highest BCUT2D eigenvalue weighted by atomic mass is 32.1. The van der Waals surface area contributed by atoms with Gasteiger partial charge in [-0.15, -0.1) is 11.3 Å². The number of ether oxygens (including phenoxy) is 1. The summed E-state index contributed by atoms with van der Waals surface area (Å²) < 4.78 is 23.3. The summed E-state index contributed by atoms with van der Waals surface area (Å²) >= 11 is 1.63. The van der Waals surface area contributed by atoms with Gasteiger partial charge in [-0.3, -0.25) is 9.89 Å². The van der Waals surface area contributed by atoms with Gasteiger partial charge in [0.15, 0.2) is 0 Å². The van der Waals surface area contributed by atoms with Crippen LogP contribution in [0.15, 0.2) is 16.4 Å². The zero-order valence-corrected chi connectivity index (χ0v) is 15.3. The fourth-order valence-corrected chi connectivity index (χ4v) is 6.00. The second kappa shape index (κ2) is 8.36. The smallest absolute Gasteiger partial charge is 0.495 e. The molecule has 0 unspecified atom stereocenters. The van der Waals surface area contributed by atoms with Gasteiger partial charge < -0.3 is 18.0 Å². The van der Waals surface area contributed by atoms with Crippen LogP contribution in [0.3, 0.4) is 0 Å². The van der Waals surface area contributed by atoms with Crippen molar-refractivity contribution in [1.29, 1.82) is 0 Å². The van der Waals surface area contributed by atoms with E-state index in [1.807, 2.05) is 17.7 Å². The van der Waals surface area contributed by atoms with Crippen molar-refractivity contribution in [2.24, 2.45) is 4.99 Å². The lowest BCUT2D eigenvalue weighted by molar-refractivity contribution is -0.00841. The predicted octanol–water partition coefficient (Wildman–Crippen LogP) is 1.88. The van der Waals surface area contributed by atoms with Crippen LogP contribution < -0.4 is 4.74 Å². The van der Waals surface area contributed by atoms with Crippen LogP contribution >= 0.6 is 11.3 Å². The van der Waals surface area contributed by atoms with Crippen LogP contribution in [0.25, 0.3) is 0 Å². The number of methoxy groups -OCH3 is 1. The Hall–Kier alpha value is -0.773. The molecule has 3 saturated heterocycles. The number of nitrogens with zero attached hydrogens (tertiary/aromatic N) is 2. The molecule has 0 N–H and O–H groups in total. The third-order valence-corrected chi connectivity index (χ3v) is 7.77. The number of hydrogen-bond donors (Lipinski definition) is 0. The van der Waals surface area contributed by atoms with E-state index >= 15 is 0 Å². The van der Waals surface area contributed by atoms with Gasteiger partial charge in [0, 0.05) is 38.4 Å². The molecule has 4 rings (SSSR count). The Morgan fingerprint density at radius 3 is 2.61 bits per heavy atom. The minimum atomic E-state index is -2.48. The largest absolute Gasteiger partial charge is 0.501 e. The van der Waals surface area contributed by atoms with Gasteiger partial charge in [-0.1, -0.05) is 0 Å². The van der Waals surface area contributed by atoms with Crippen LogP contribution in [0.5, 0.6) is 5.75 Å². The second-order valence-electron chi connectivity index (χ2n) is 5.56. The van der Waals surface area contributed by atoms with Crippen molar-refractivity contribution in [3.63, 3.8) is 0 Å². The summed E-state index contributed by atoms with van der Waals surface area (Å²) in [6.07, 6.45) is 2.81. The van der Waals surface area contributed by atoms with Crippen molar-refractivity contribution in [3.05, 3.63) is 16.3 Å². The molecule has 3 fully saturated rings. The van der Waals surface area contributed by atoms with Crippen molar-refractivity contribution < 1.29 is 18.0 Å². The molecule has 23 heavy (non-hydrogen) atoms. The van der Waals surface area contributed by atoms with E-state index in [1.165, 1.54) is 0 Å². The molecule has 6 nitrogen and oxygen atoms in total. The molecule has 128 valence electrons. The highest BCUT2D eigenvalue weighted by molar-refractivity contribution is 7.12. The van der Waals surface area contributed by atoms with Crippen LogP contribution in [-0.4, -0.2) is 73.0 Å². The normalized spacial score (nSPS) is 28.5. The Labute approximate surface area is 142 Å². The lowest BCUT2D eigenvalue weighted by atomic mass is 10.4. The molecule has 1 aromatic heterocycles. The van der Waals surface area contributed by atoms with E-state index in [-0.39, 0.29) is 0 Å². The molecule has 0 saturated carbocycles. The fraction of sp³-hybridized carbons (Fsp3) is 0.667. The monoisotopic (exact) mass is 356 g/mol. The van der Waals surface area contributed by atoms with Gasteiger partial charge in [0.1, 0.15) is 5.75 Å². The molecular weight excluding hydrogens is 332 g/mol. The summed E-state index contributed by atoms with van der Waals surface area (Å²) in [6, 6.07) is 2.80. The molecule has 0 amide bonds. The van der Waals surface area contributed by atoms with Crippen molar-refractivity contribution in [3.8, 4) is 5.75 Å². The van der Waals surface area contributed by atoms with Crippen LogP contribution in [0.4, 0.5) is 0 Å². The molecule has 0 spiro atoms. The van der Waals surface area contributed by atoms with Gasteiger partial charge in [-0.05, 0) is 17.9 Å². The minimum Gasteiger partial charge on any atom is -0.495 e. The van der Waals surface area contributed by atoms with Gasteiger partial charge in [0.2, 0.25) is 0 Å². The molecule has 2 bridgehead atoms. The molecule has 0 atom stereocenters. The van der Waals surface area contributed by atoms with E-state index < -0.39 is 8.80 Å². The number of thiophene rings is 1. The summed E-state index contributed by atoms with van der Waals surface area (Å²) in [6.45, 7) is 5.83. The van der Waals surface area contributed by atoms with Crippen molar-refractivity contribution in [2.45, 2.75) is 12.5 Å². The highest BCUT2D eigenvalue weighted by Crippen LogP contribution is 2.23. The van der Waals surface area contributed by atoms with Crippen molar-refractivity contribution in [2.75, 3.05) is 53.1 Å². The summed E-state index contributed by atoms with van der Waals surface area (Å²) in [7, 11) is -0.803. The van der Waals surface area contributed by atoms with E-state index in [9.17, 15) is 0 Å². The van der Waals surface area contributed by atoms with Gasteiger partial charge in [-0.25, -0.2) is 0 Å². The van der Waals surface area contributed by atoms with Gasteiger partial charge >= 0.3 is 8.80 Å². The predicted molar refractivity (Wildman–Crippen MR) is 92.8 cm³/mol. The highest BCUT2D eigenvalue weighted by Gasteiger charge is 2.43. The maximum atomic E-state index is 6.01. The third-order valence-electron chi connectivity index (χ3n) is 4.04. The first kappa shape index (κ1) is 17.1. The Bertz CT molecular complexity index is 499. The first-order valence-corrected chi connectivity index (χ1v) is 10.9. The van der Waals surface area contributed by atoms with Crippen molar-refractivity contribution in [1.82, 2.24) is 4.90 Å². The van der Waals surface area contributed by atoms with Crippen molar-refractivity contribution >= 4 is 26.4 Å². The fourth-order valence-electron chi connectivity index (χ4n) is 2.77. The lowest BCUT2D eigenvalue weighted by Gasteiger charge is -2.38. The Morgan fingerprint density at radius 1 is 1.26 bits per heavy atom. The third kappa shape index (κ3) is 4.62. The molecule has 1 aromatic rings. The molecule has 8 heteroatoms. The van der Waals surface area contributed by atoms with Gasteiger partial charge in [0.25, 0.3) is 0 Å². The van der Waals surface area contributed by atoms with E-state index in [0.29, 0.717) is 19.8 Å². The molecule has 4 heterocycles. The quantitative estimate of drug-likeness (QED) is 0.443. The van der Waals surface area contributed by atoms with Crippen LogP contribution in [0.2, 0.25) is 6.04 Å². The SMILES string of the molecule is COc1ccsc1C=NCCC[Si]12OCCN(CCO1)CCO2. The standard InChI is InChI=1S/C15H24N2O4SSi/c1-18-14-3-11-22-15(14)13-16-4-2-12-23-19-8-5-17(6-9-20-23)7-10-21-23/h3,11,13H,2,4-10,12H2,1H3. The van der Waals surface area contributed by atoms with E-state index in [0.717, 1.165) is 49.3 Å². The van der Waals surface area contributed by atoms with E-state index in [4.69, 9.17) is 18.0 Å². The van der Waals surface area contributed by atoms with E-state index in [1.54, 1.807) is 18.4 Å². The van der Waals surface area contributed by atoms with Crippen LogP contribution in [0, 0.1) is 0 Å². The topological polar surface area (TPSA) is 52.5 Å². The molecular formula is C15H24N2O4SSi. The summed E-state index contributed by atoms with van der Waals surface area (Å²) in [5.41, 5.74) is 0. The molecule has 3 aliphatic rings. The van der Waals surface area contributed by atoms with E-state index in [2.05, 4.69) is 9.89 Å². The zero-order valence-electron chi connectivity index (χ0n) is 13.5. The molecule has 0 aliphatic carbocycles. The maximum Gasteiger partial charge on any atom is 0.501 e. The number of hydrogen-bond acceptors (Lipinski definition) is 7. The number of aliphatic imine (C=N–C) groups is 1. The number of rotatable bonds is 6. The Morgan fingerprint density at radius 2 is 1.96 bits per heavy atom. The first-order chi connectivity index (χ1) is 11.3. The molecule has 3 aliphatic heterocycles. The molecule has 0 radical (unpaired) electrons. The number of fused-ring (bicyclic) bond motifs is 6. The maximum absolute atomic E-state index is 6.01.